The number of rotatable bonds is 9. The van der Waals surface area contributed by atoms with Gasteiger partial charge in [-0.15, -0.1) is 24.0 Å². The van der Waals surface area contributed by atoms with Crippen molar-refractivity contribution in [2.45, 2.75) is 26.5 Å². The molecule has 1 saturated heterocycles. The first-order valence-electron chi connectivity index (χ1n) is 9.41. The summed E-state index contributed by atoms with van der Waals surface area (Å²) in [5.41, 5.74) is 0.998. The van der Waals surface area contributed by atoms with Crippen LogP contribution in [0.3, 0.4) is 0 Å². The van der Waals surface area contributed by atoms with Crippen molar-refractivity contribution in [1.29, 1.82) is 0 Å². The number of ether oxygens (including phenoxy) is 2. The minimum atomic E-state index is -2.80. The van der Waals surface area contributed by atoms with Crippen LogP contribution in [0.25, 0.3) is 0 Å². The van der Waals surface area contributed by atoms with Crippen molar-refractivity contribution in [3.8, 4) is 5.75 Å². The van der Waals surface area contributed by atoms with E-state index in [1.165, 1.54) is 0 Å². The Kier molecular flexibility index (Phi) is 12.3. The van der Waals surface area contributed by atoms with E-state index in [2.05, 4.69) is 15.0 Å². The summed E-state index contributed by atoms with van der Waals surface area (Å²) >= 11 is 0. The number of hydrogen-bond donors (Lipinski definition) is 1. The summed E-state index contributed by atoms with van der Waals surface area (Å²) in [5.74, 6) is 1.01. The summed E-state index contributed by atoms with van der Waals surface area (Å²) in [6.45, 7) is 6.05. The van der Waals surface area contributed by atoms with E-state index in [9.17, 15) is 8.78 Å². The number of nitrogens with zero attached hydrogens (tertiary/aromatic N) is 3. The first-order valence-corrected chi connectivity index (χ1v) is 9.41. The van der Waals surface area contributed by atoms with Gasteiger partial charge in [0.15, 0.2) is 5.96 Å². The Morgan fingerprint density at radius 3 is 2.57 bits per heavy atom. The summed E-state index contributed by atoms with van der Waals surface area (Å²) in [7, 11) is 1.97. The molecule has 0 aromatic heterocycles. The van der Waals surface area contributed by atoms with Gasteiger partial charge in [-0.25, -0.2) is 0 Å². The van der Waals surface area contributed by atoms with Gasteiger partial charge in [0, 0.05) is 46.3 Å². The highest BCUT2D eigenvalue weighted by Gasteiger charge is 2.10. The molecule has 6 nitrogen and oxygen atoms in total. The monoisotopic (exact) mass is 512 g/mol. The Morgan fingerprint density at radius 2 is 1.96 bits per heavy atom. The molecule has 0 saturated carbocycles. The Bertz CT molecular complexity index is 570. The zero-order valence-electron chi connectivity index (χ0n) is 16.6. The third-order valence-corrected chi connectivity index (χ3v) is 4.26. The van der Waals surface area contributed by atoms with Crippen molar-refractivity contribution < 1.29 is 18.3 Å². The van der Waals surface area contributed by atoms with Crippen LogP contribution >= 0.6 is 24.0 Å². The van der Waals surface area contributed by atoms with E-state index < -0.39 is 6.61 Å². The lowest BCUT2D eigenvalue weighted by Crippen LogP contribution is -2.39. The third kappa shape index (κ3) is 9.33. The number of alkyl halides is 2. The molecule has 1 fully saturated rings. The van der Waals surface area contributed by atoms with Crippen LogP contribution in [0.15, 0.2) is 29.3 Å². The molecule has 1 aliphatic rings. The Morgan fingerprint density at radius 1 is 1.29 bits per heavy atom. The molecule has 2 rings (SSSR count). The molecule has 0 spiro atoms. The lowest BCUT2D eigenvalue weighted by atomic mass is 10.2. The van der Waals surface area contributed by atoms with E-state index in [0.717, 1.165) is 63.9 Å². The van der Waals surface area contributed by atoms with Gasteiger partial charge in [-0.2, -0.15) is 8.78 Å². The largest absolute Gasteiger partial charge is 0.435 e. The molecule has 0 atom stereocenters. The highest BCUT2D eigenvalue weighted by molar-refractivity contribution is 14.0. The van der Waals surface area contributed by atoms with E-state index in [1.807, 2.05) is 18.9 Å². The van der Waals surface area contributed by atoms with Crippen molar-refractivity contribution in [1.82, 2.24) is 15.1 Å². The molecule has 1 aliphatic heterocycles. The molecule has 1 aromatic rings. The SMILES string of the molecule is CCNC(=NCCCN1CCOCC1)N(C)Cc1ccc(OC(F)F)cc1.I. The molecule has 0 radical (unpaired) electrons. The maximum Gasteiger partial charge on any atom is 0.387 e. The van der Waals surface area contributed by atoms with E-state index >= 15 is 0 Å². The summed E-state index contributed by atoms with van der Waals surface area (Å²) in [5, 5.41) is 3.30. The summed E-state index contributed by atoms with van der Waals surface area (Å²) in [6.07, 6.45) is 1.00. The number of benzene rings is 1. The van der Waals surface area contributed by atoms with E-state index in [-0.39, 0.29) is 29.7 Å². The van der Waals surface area contributed by atoms with E-state index in [1.54, 1.807) is 24.3 Å². The predicted octanol–water partition coefficient (Wildman–Crippen LogP) is 3.03. The van der Waals surface area contributed by atoms with E-state index in [4.69, 9.17) is 9.73 Å². The van der Waals surface area contributed by atoms with Gasteiger partial charge in [-0.05, 0) is 31.0 Å². The second-order valence-corrected chi connectivity index (χ2v) is 6.42. The van der Waals surface area contributed by atoms with Crippen LogP contribution in [0.5, 0.6) is 5.75 Å². The van der Waals surface area contributed by atoms with Crippen molar-refractivity contribution >= 4 is 29.9 Å². The second kappa shape index (κ2) is 13.9. The van der Waals surface area contributed by atoms with Gasteiger partial charge >= 0.3 is 6.61 Å². The molecule has 0 unspecified atom stereocenters. The van der Waals surface area contributed by atoms with Crippen LogP contribution in [0.2, 0.25) is 0 Å². The van der Waals surface area contributed by atoms with Crippen LogP contribution in [0.1, 0.15) is 18.9 Å². The lowest BCUT2D eigenvalue weighted by Gasteiger charge is -2.26. The van der Waals surface area contributed by atoms with Crippen LogP contribution in [0.4, 0.5) is 8.78 Å². The summed E-state index contributed by atoms with van der Waals surface area (Å²) in [4.78, 5) is 9.13. The zero-order chi connectivity index (χ0) is 19.5. The summed E-state index contributed by atoms with van der Waals surface area (Å²) < 4.78 is 34.2. The predicted molar refractivity (Wildman–Crippen MR) is 118 cm³/mol. The molecule has 9 heteroatoms. The number of nitrogens with one attached hydrogen (secondary N) is 1. The quantitative estimate of drug-likeness (QED) is 0.239. The number of hydrogen-bond acceptors (Lipinski definition) is 4. The number of guanidine groups is 1. The molecular weight excluding hydrogens is 481 g/mol. The molecular formula is C19H31F2IN4O2. The highest BCUT2D eigenvalue weighted by Crippen LogP contribution is 2.15. The van der Waals surface area contributed by atoms with Gasteiger partial charge in [0.05, 0.1) is 13.2 Å². The number of aliphatic imine (C=N–C) groups is 1. The van der Waals surface area contributed by atoms with Crippen LogP contribution in [-0.2, 0) is 11.3 Å². The number of morpholine rings is 1. The maximum atomic E-state index is 12.2. The zero-order valence-corrected chi connectivity index (χ0v) is 18.9. The van der Waals surface area contributed by atoms with Crippen LogP contribution < -0.4 is 10.1 Å². The molecule has 0 aliphatic carbocycles. The highest BCUT2D eigenvalue weighted by atomic mass is 127. The molecule has 1 aromatic carbocycles. The summed E-state index contributed by atoms with van der Waals surface area (Å²) in [6, 6.07) is 6.69. The van der Waals surface area contributed by atoms with Gasteiger partial charge in [-0.1, -0.05) is 12.1 Å². The fraction of sp³-hybridized carbons (Fsp3) is 0.632. The van der Waals surface area contributed by atoms with E-state index in [0.29, 0.717) is 6.54 Å². The minimum absolute atomic E-state index is 0. The van der Waals surface area contributed by atoms with Gasteiger partial charge in [0.2, 0.25) is 0 Å². The molecule has 0 amide bonds. The van der Waals surface area contributed by atoms with Crippen LogP contribution in [0, 0.1) is 0 Å². The van der Waals surface area contributed by atoms with Crippen molar-refractivity contribution in [3.05, 3.63) is 29.8 Å². The molecule has 0 bridgehead atoms. The lowest BCUT2D eigenvalue weighted by molar-refractivity contribution is -0.0498. The minimum Gasteiger partial charge on any atom is -0.435 e. The normalized spacial score (nSPS) is 15.2. The Hall–Kier alpha value is -1.20. The molecule has 160 valence electrons. The van der Waals surface area contributed by atoms with Crippen molar-refractivity contribution in [2.24, 2.45) is 4.99 Å². The Labute approximate surface area is 183 Å². The fourth-order valence-electron chi connectivity index (χ4n) is 2.90. The van der Waals surface area contributed by atoms with Gasteiger partial charge in [-0.3, -0.25) is 9.89 Å². The van der Waals surface area contributed by atoms with Crippen molar-refractivity contribution in [2.75, 3.05) is 53.0 Å². The first kappa shape index (κ1) is 24.8. The van der Waals surface area contributed by atoms with Gasteiger partial charge in [0.1, 0.15) is 5.75 Å². The van der Waals surface area contributed by atoms with Crippen molar-refractivity contribution in [3.63, 3.8) is 0 Å². The Balaban J connectivity index is 0.00000392. The topological polar surface area (TPSA) is 49.3 Å². The first-order chi connectivity index (χ1) is 13.1. The molecule has 1 N–H and O–H groups in total. The average molecular weight is 512 g/mol. The van der Waals surface area contributed by atoms with Crippen LogP contribution in [-0.4, -0.2) is 75.4 Å². The molecule has 1 heterocycles. The third-order valence-electron chi connectivity index (χ3n) is 4.26. The van der Waals surface area contributed by atoms with Gasteiger partial charge in [0.25, 0.3) is 0 Å². The maximum absolute atomic E-state index is 12.2. The number of halogens is 3. The second-order valence-electron chi connectivity index (χ2n) is 6.42. The van der Waals surface area contributed by atoms with Gasteiger partial charge < -0.3 is 19.7 Å². The standard InChI is InChI=1S/C19H30F2N4O2.HI/c1-3-22-19(23-9-4-10-25-11-13-26-14-12-25)24(2)15-16-5-7-17(8-6-16)27-18(20)21;/h5-8,18H,3-4,9-15H2,1-2H3,(H,22,23);1H. The fourth-order valence-corrected chi connectivity index (χ4v) is 2.90. The average Bonchev–Trinajstić information content (AvgIpc) is 2.66. The molecule has 28 heavy (non-hydrogen) atoms. The smallest absolute Gasteiger partial charge is 0.387 e.